The fraction of sp³-hybridized carbons (Fsp3) is 0.889. The maximum absolute atomic E-state index is 5.84. The Kier molecular flexibility index (Phi) is 4.60. The van der Waals surface area contributed by atoms with Gasteiger partial charge in [0.15, 0.2) is 5.96 Å². The third-order valence-electron chi connectivity index (χ3n) is 2.23. The quantitative estimate of drug-likeness (QED) is 0.369. The molecule has 0 saturated carbocycles. The molecule has 0 amide bonds. The summed E-state index contributed by atoms with van der Waals surface area (Å²) < 4.78 is 0. The number of aliphatic imine (C=N–C) groups is 1. The zero-order chi connectivity index (χ0) is 9.52. The topological polar surface area (TPSA) is 53.6 Å². The van der Waals surface area contributed by atoms with Gasteiger partial charge in [-0.3, -0.25) is 4.99 Å². The monoisotopic (exact) mass is 184 g/mol. The highest BCUT2D eigenvalue weighted by atomic mass is 15.3. The van der Waals surface area contributed by atoms with Crippen molar-refractivity contribution in [1.29, 1.82) is 0 Å². The second-order valence-corrected chi connectivity index (χ2v) is 3.33. The summed E-state index contributed by atoms with van der Waals surface area (Å²) >= 11 is 0. The highest BCUT2D eigenvalue weighted by Crippen LogP contribution is 1.93. The Labute approximate surface area is 80.2 Å². The molecule has 3 N–H and O–H groups in total. The van der Waals surface area contributed by atoms with Crippen LogP contribution in [0.4, 0.5) is 0 Å². The lowest BCUT2D eigenvalue weighted by Gasteiger charge is -2.28. The second kappa shape index (κ2) is 5.80. The van der Waals surface area contributed by atoms with E-state index in [1.165, 1.54) is 6.42 Å². The molecule has 1 saturated heterocycles. The van der Waals surface area contributed by atoms with Gasteiger partial charge in [0.05, 0.1) is 0 Å². The Morgan fingerprint density at radius 3 is 2.77 bits per heavy atom. The molecule has 0 aromatic rings. The molecule has 1 heterocycles. The molecule has 0 aliphatic carbocycles. The number of unbranched alkanes of at least 4 members (excludes halogenated alkanes) is 1. The van der Waals surface area contributed by atoms with Gasteiger partial charge in [0.1, 0.15) is 0 Å². The van der Waals surface area contributed by atoms with Crippen molar-refractivity contribution in [2.75, 3.05) is 32.7 Å². The highest BCUT2D eigenvalue weighted by Gasteiger charge is 2.10. The molecule has 1 aliphatic heterocycles. The molecule has 1 fully saturated rings. The van der Waals surface area contributed by atoms with Gasteiger partial charge in [-0.05, 0) is 6.42 Å². The van der Waals surface area contributed by atoms with Gasteiger partial charge in [-0.2, -0.15) is 0 Å². The minimum absolute atomic E-state index is 0.718. The third-order valence-corrected chi connectivity index (χ3v) is 2.23. The first-order valence-corrected chi connectivity index (χ1v) is 5.10. The molecule has 13 heavy (non-hydrogen) atoms. The van der Waals surface area contributed by atoms with Crippen LogP contribution in [0, 0.1) is 0 Å². The van der Waals surface area contributed by atoms with Crippen LogP contribution in [0.2, 0.25) is 0 Å². The lowest BCUT2D eigenvalue weighted by molar-refractivity contribution is 0.353. The van der Waals surface area contributed by atoms with Gasteiger partial charge < -0.3 is 16.0 Å². The fourth-order valence-corrected chi connectivity index (χ4v) is 1.35. The zero-order valence-corrected chi connectivity index (χ0v) is 8.42. The Hall–Kier alpha value is -0.770. The number of nitrogens with one attached hydrogen (secondary N) is 1. The van der Waals surface area contributed by atoms with Crippen LogP contribution in [0.3, 0.4) is 0 Å². The first-order valence-electron chi connectivity index (χ1n) is 5.10. The predicted octanol–water partition coefficient (Wildman–Crippen LogP) is 0.00640. The van der Waals surface area contributed by atoms with E-state index >= 15 is 0 Å². The number of hydrogen-bond donors (Lipinski definition) is 2. The molecule has 4 nitrogen and oxygen atoms in total. The summed E-state index contributed by atoms with van der Waals surface area (Å²) in [5.41, 5.74) is 5.84. The summed E-state index contributed by atoms with van der Waals surface area (Å²) in [6.45, 7) is 7.04. The van der Waals surface area contributed by atoms with E-state index in [-0.39, 0.29) is 0 Å². The Balaban J connectivity index is 2.27. The number of nitrogens with zero attached hydrogens (tertiary/aromatic N) is 2. The van der Waals surface area contributed by atoms with Gasteiger partial charge in [-0.1, -0.05) is 13.3 Å². The van der Waals surface area contributed by atoms with Crippen LogP contribution in [0.1, 0.15) is 19.8 Å². The normalized spacial score (nSPS) is 19.2. The van der Waals surface area contributed by atoms with Crippen LogP contribution in [0.25, 0.3) is 0 Å². The van der Waals surface area contributed by atoms with Crippen molar-refractivity contribution >= 4 is 5.96 Å². The molecule has 0 bridgehead atoms. The summed E-state index contributed by atoms with van der Waals surface area (Å²) in [6.07, 6.45) is 2.31. The van der Waals surface area contributed by atoms with Crippen molar-refractivity contribution in [2.24, 2.45) is 10.7 Å². The van der Waals surface area contributed by atoms with E-state index < -0.39 is 0 Å². The Morgan fingerprint density at radius 2 is 2.15 bits per heavy atom. The average molecular weight is 184 g/mol. The van der Waals surface area contributed by atoms with Crippen molar-refractivity contribution < 1.29 is 0 Å². The smallest absolute Gasteiger partial charge is 0.191 e. The minimum Gasteiger partial charge on any atom is -0.370 e. The molecule has 0 unspecified atom stereocenters. The highest BCUT2D eigenvalue weighted by molar-refractivity contribution is 5.78. The number of rotatable bonds is 3. The molecular weight excluding hydrogens is 164 g/mol. The molecule has 0 spiro atoms. The molecule has 4 heteroatoms. The largest absolute Gasteiger partial charge is 0.370 e. The van der Waals surface area contributed by atoms with E-state index in [0.717, 1.165) is 45.1 Å². The van der Waals surface area contributed by atoms with E-state index in [0.29, 0.717) is 0 Å². The standard InChI is InChI=1S/C9H20N4/c1-2-3-4-12-9(10)13-7-5-11-6-8-13/h11H,2-8H2,1H3,(H2,10,12). The maximum atomic E-state index is 5.84. The molecule has 0 radical (unpaired) electrons. The molecule has 1 aliphatic rings. The summed E-state index contributed by atoms with van der Waals surface area (Å²) in [4.78, 5) is 6.48. The van der Waals surface area contributed by atoms with Crippen LogP contribution in [-0.4, -0.2) is 43.6 Å². The first kappa shape index (κ1) is 10.3. The minimum atomic E-state index is 0.718. The fourth-order valence-electron chi connectivity index (χ4n) is 1.35. The summed E-state index contributed by atoms with van der Waals surface area (Å²) in [7, 11) is 0. The van der Waals surface area contributed by atoms with Gasteiger partial charge in [0, 0.05) is 32.7 Å². The lowest BCUT2D eigenvalue weighted by atomic mass is 10.3. The van der Waals surface area contributed by atoms with E-state index in [2.05, 4.69) is 22.1 Å². The van der Waals surface area contributed by atoms with Gasteiger partial charge >= 0.3 is 0 Å². The first-order chi connectivity index (χ1) is 6.34. The van der Waals surface area contributed by atoms with Crippen molar-refractivity contribution in [3.05, 3.63) is 0 Å². The van der Waals surface area contributed by atoms with Gasteiger partial charge in [-0.25, -0.2) is 0 Å². The van der Waals surface area contributed by atoms with Gasteiger partial charge in [0.25, 0.3) is 0 Å². The van der Waals surface area contributed by atoms with E-state index in [9.17, 15) is 0 Å². The molecular formula is C9H20N4. The van der Waals surface area contributed by atoms with E-state index in [1.54, 1.807) is 0 Å². The average Bonchev–Trinajstić information content (AvgIpc) is 2.19. The third kappa shape index (κ3) is 3.63. The molecule has 0 atom stereocenters. The van der Waals surface area contributed by atoms with Crippen molar-refractivity contribution in [2.45, 2.75) is 19.8 Å². The maximum Gasteiger partial charge on any atom is 0.191 e. The van der Waals surface area contributed by atoms with Crippen LogP contribution < -0.4 is 11.1 Å². The van der Waals surface area contributed by atoms with Crippen molar-refractivity contribution in [3.8, 4) is 0 Å². The SMILES string of the molecule is CCCCN=C(N)N1CCNCC1. The Morgan fingerprint density at radius 1 is 1.46 bits per heavy atom. The Bertz CT molecular complexity index is 161. The number of nitrogens with two attached hydrogens (primary N) is 1. The summed E-state index contributed by atoms with van der Waals surface area (Å²) in [5, 5.41) is 3.28. The zero-order valence-electron chi connectivity index (χ0n) is 8.42. The van der Waals surface area contributed by atoms with Crippen LogP contribution in [0.15, 0.2) is 4.99 Å². The van der Waals surface area contributed by atoms with Gasteiger partial charge in [-0.15, -0.1) is 0 Å². The number of piperazine rings is 1. The van der Waals surface area contributed by atoms with Crippen molar-refractivity contribution in [1.82, 2.24) is 10.2 Å². The van der Waals surface area contributed by atoms with E-state index in [4.69, 9.17) is 5.73 Å². The number of guanidine groups is 1. The molecule has 1 rings (SSSR count). The molecule has 76 valence electrons. The molecule has 0 aromatic carbocycles. The van der Waals surface area contributed by atoms with E-state index in [1.807, 2.05) is 0 Å². The van der Waals surface area contributed by atoms with Gasteiger partial charge in [0.2, 0.25) is 0 Å². The van der Waals surface area contributed by atoms with Crippen LogP contribution in [-0.2, 0) is 0 Å². The second-order valence-electron chi connectivity index (χ2n) is 3.33. The lowest BCUT2D eigenvalue weighted by Crippen LogP contribution is -2.49. The van der Waals surface area contributed by atoms with Crippen LogP contribution >= 0.6 is 0 Å². The van der Waals surface area contributed by atoms with Crippen molar-refractivity contribution in [3.63, 3.8) is 0 Å². The number of hydrogen-bond acceptors (Lipinski definition) is 2. The van der Waals surface area contributed by atoms with Crippen LogP contribution in [0.5, 0.6) is 0 Å². The summed E-state index contributed by atoms with van der Waals surface area (Å²) in [6, 6.07) is 0. The molecule has 0 aromatic heterocycles. The summed E-state index contributed by atoms with van der Waals surface area (Å²) in [5.74, 6) is 0.718. The predicted molar refractivity (Wildman–Crippen MR) is 55.8 cm³/mol.